The van der Waals surface area contributed by atoms with Crippen molar-refractivity contribution in [1.29, 1.82) is 0 Å². The highest BCUT2D eigenvalue weighted by Gasteiger charge is 2.33. The number of amides is 3. The smallest absolute Gasteiger partial charge is 0.264 e. The maximum Gasteiger partial charge on any atom is 0.264 e. The van der Waals surface area contributed by atoms with Gasteiger partial charge in [-0.3, -0.25) is 14.4 Å². The minimum atomic E-state index is -0.487. The zero-order valence-corrected chi connectivity index (χ0v) is 16.3. The summed E-state index contributed by atoms with van der Waals surface area (Å²) in [5.74, 6) is -0.452. The van der Waals surface area contributed by atoms with E-state index in [1.165, 1.54) is 18.3 Å². The molecule has 6 nitrogen and oxygen atoms in total. The van der Waals surface area contributed by atoms with Crippen LogP contribution in [0.2, 0.25) is 0 Å². The van der Waals surface area contributed by atoms with Crippen LogP contribution >= 0.6 is 11.3 Å². The Hall–Kier alpha value is -2.67. The molecule has 1 aromatic carbocycles. The molecule has 1 aromatic heterocycles. The average Bonchev–Trinajstić information content (AvgIpc) is 3.18. The predicted octanol–water partition coefficient (Wildman–Crippen LogP) is 3.65. The molecule has 1 atom stereocenters. The third-order valence-corrected chi connectivity index (χ3v) is 5.47. The van der Waals surface area contributed by atoms with Gasteiger partial charge in [-0.1, -0.05) is 12.1 Å². The molecule has 0 saturated carbocycles. The van der Waals surface area contributed by atoms with E-state index in [1.807, 2.05) is 24.4 Å². The van der Waals surface area contributed by atoms with Crippen molar-refractivity contribution in [2.24, 2.45) is 0 Å². The molecule has 0 bridgehead atoms. The molecule has 7 heteroatoms. The number of hydrogen-bond acceptors (Lipinski definition) is 4. The van der Waals surface area contributed by atoms with E-state index in [2.05, 4.69) is 10.6 Å². The number of thiophene rings is 1. The number of carbonyl (C=O) groups excluding carboxylic acids is 3. The molecule has 0 radical (unpaired) electrons. The molecule has 0 spiro atoms. The van der Waals surface area contributed by atoms with Crippen molar-refractivity contribution < 1.29 is 14.4 Å². The summed E-state index contributed by atoms with van der Waals surface area (Å²) in [6, 6.07) is 8.52. The summed E-state index contributed by atoms with van der Waals surface area (Å²) in [6.07, 6.45) is 2.46. The number of benzene rings is 1. The fourth-order valence-electron chi connectivity index (χ4n) is 3.24. The Labute approximate surface area is 162 Å². The normalized spacial score (nSPS) is 16.7. The maximum atomic E-state index is 12.9. The largest absolute Gasteiger partial charge is 0.326 e. The lowest BCUT2D eigenvalue weighted by atomic mass is 10.0. The van der Waals surface area contributed by atoms with Gasteiger partial charge in [0.1, 0.15) is 6.04 Å². The summed E-state index contributed by atoms with van der Waals surface area (Å²) in [6.45, 7) is 3.92. The number of aryl methyl sites for hydroxylation is 1. The van der Waals surface area contributed by atoms with Crippen LogP contribution in [0.1, 0.15) is 41.4 Å². The van der Waals surface area contributed by atoms with Crippen LogP contribution in [0, 0.1) is 6.92 Å². The Morgan fingerprint density at radius 1 is 1.15 bits per heavy atom. The number of likely N-dealkylation sites (tertiary alicyclic amines) is 1. The monoisotopic (exact) mass is 385 g/mol. The van der Waals surface area contributed by atoms with Gasteiger partial charge in [0, 0.05) is 24.8 Å². The van der Waals surface area contributed by atoms with Gasteiger partial charge in [-0.05, 0) is 55.3 Å². The van der Waals surface area contributed by atoms with Crippen molar-refractivity contribution in [3.05, 3.63) is 46.2 Å². The minimum Gasteiger partial charge on any atom is -0.326 e. The summed E-state index contributed by atoms with van der Waals surface area (Å²) < 4.78 is 0. The summed E-state index contributed by atoms with van der Waals surface area (Å²) in [5.41, 5.74) is 2.18. The van der Waals surface area contributed by atoms with Gasteiger partial charge in [-0.2, -0.15) is 0 Å². The van der Waals surface area contributed by atoms with E-state index >= 15 is 0 Å². The Morgan fingerprint density at radius 2 is 1.96 bits per heavy atom. The molecule has 0 aliphatic carbocycles. The standard InChI is InChI=1S/C20H23N3O3S/c1-13-8-9-15(12-16(13)21-14(2)24)22-19(25)17-6-3-4-10-23(17)20(26)18-7-5-11-27-18/h5,7-9,11-12,17H,3-4,6,10H2,1-2H3,(H,21,24)(H,22,25). The van der Waals surface area contributed by atoms with E-state index < -0.39 is 6.04 Å². The predicted molar refractivity (Wildman–Crippen MR) is 107 cm³/mol. The lowest BCUT2D eigenvalue weighted by Gasteiger charge is -2.34. The molecule has 2 aromatic rings. The lowest BCUT2D eigenvalue weighted by Crippen LogP contribution is -2.49. The first-order valence-electron chi connectivity index (χ1n) is 8.99. The van der Waals surface area contributed by atoms with Crippen molar-refractivity contribution >= 4 is 40.4 Å². The van der Waals surface area contributed by atoms with Gasteiger partial charge >= 0.3 is 0 Å². The van der Waals surface area contributed by atoms with Crippen LogP contribution in [-0.4, -0.2) is 35.2 Å². The van der Waals surface area contributed by atoms with E-state index in [-0.39, 0.29) is 17.7 Å². The molecule has 1 saturated heterocycles. The highest BCUT2D eigenvalue weighted by Crippen LogP contribution is 2.25. The fourth-order valence-corrected chi connectivity index (χ4v) is 3.92. The number of nitrogens with zero attached hydrogens (tertiary/aromatic N) is 1. The Morgan fingerprint density at radius 3 is 2.67 bits per heavy atom. The third-order valence-electron chi connectivity index (χ3n) is 4.61. The number of rotatable bonds is 4. The maximum absolute atomic E-state index is 12.9. The number of carbonyl (C=O) groups is 3. The van der Waals surface area contributed by atoms with Crippen LogP contribution in [-0.2, 0) is 9.59 Å². The summed E-state index contributed by atoms with van der Waals surface area (Å²) in [7, 11) is 0. The van der Waals surface area contributed by atoms with Gasteiger partial charge in [-0.25, -0.2) is 0 Å². The van der Waals surface area contributed by atoms with Gasteiger partial charge in [0.05, 0.1) is 4.88 Å². The van der Waals surface area contributed by atoms with Gasteiger partial charge in [0.15, 0.2) is 0 Å². The van der Waals surface area contributed by atoms with Crippen LogP contribution in [0.25, 0.3) is 0 Å². The summed E-state index contributed by atoms with van der Waals surface area (Å²) in [4.78, 5) is 39.3. The van der Waals surface area contributed by atoms with E-state index in [4.69, 9.17) is 0 Å². The highest BCUT2D eigenvalue weighted by atomic mass is 32.1. The number of hydrogen-bond donors (Lipinski definition) is 2. The minimum absolute atomic E-state index is 0.0901. The van der Waals surface area contributed by atoms with Crippen LogP contribution < -0.4 is 10.6 Å². The molecule has 3 amide bonds. The lowest BCUT2D eigenvalue weighted by molar-refractivity contribution is -0.121. The van der Waals surface area contributed by atoms with E-state index in [1.54, 1.807) is 23.1 Å². The van der Waals surface area contributed by atoms with Gasteiger partial charge < -0.3 is 15.5 Å². The molecular weight excluding hydrogens is 362 g/mol. The fraction of sp³-hybridized carbons (Fsp3) is 0.350. The highest BCUT2D eigenvalue weighted by molar-refractivity contribution is 7.12. The molecule has 142 valence electrons. The van der Waals surface area contributed by atoms with Crippen LogP contribution in [0.15, 0.2) is 35.7 Å². The van der Waals surface area contributed by atoms with E-state index in [9.17, 15) is 14.4 Å². The van der Waals surface area contributed by atoms with Crippen molar-refractivity contribution in [3.8, 4) is 0 Å². The van der Waals surface area contributed by atoms with E-state index in [0.717, 1.165) is 18.4 Å². The second-order valence-corrected chi connectivity index (χ2v) is 7.64. The molecule has 1 aliphatic rings. The van der Waals surface area contributed by atoms with Crippen LogP contribution in [0.5, 0.6) is 0 Å². The molecule has 2 N–H and O–H groups in total. The Balaban J connectivity index is 1.75. The molecular formula is C20H23N3O3S. The first-order valence-corrected chi connectivity index (χ1v) is 9.87. The number of nitrogens with one attached hydrogen (secondary N) is 2. The second-order valence-electron chi connectivity index (χ2n) is 6.69. The first kappa shape index (κ1) is 19.1. The van der Waals surface area contributed by atoms with Crippen LogP contribution in [0.4, 0.5) is 11.4 Å². The molecule has 27 heavy (non-hydrogen) atoms. The summed E-state index contributed by atoms with van der Waals surface area (Å²) >= 11 is 1.39. The van der Waals surface area contributed by atoms with Crippen molar-refractivity contribution in [2.45, 2.75) is 39.2 Å². The number of anilines is 2. The van der Waals surface area contributed by atoms with Crippen molar-refractivity contribution in [1.82, 2.24) is 4.90 Å². The first-order chi connectivity index (χ1) is 13.0. The molecule has 3 rings (SSSR count). The average molecular weight is 385 g/mol. The van der Waals surface area contributed by atoms with Gasteiger partial charge in [0.2, 0.25) is 11.8 Å². The zero-order valence-electron chi connectivity index (χ0n) is 15.5. The second kappa shape index (κ2) is 8.35. The van der Waals surface area contributed by atoms with Crippen LogP contribution in [0.3, 0.4) is 0 Å². The zero-order chi connectivity index (χ0) is 19.4. The Bertz CT molecular complexity index is 848. The molecule has 2 heterocycles. The molecule has 1 aliphatic heterocycles. The molecule has 1 fully saturated rings. The Kier molecular flexibility index (Phi) is 5.91. The van der Waals surface area contributed by atoms with Crippen molar-refractivity contribution in [2.75, 3.05) is 17.2 Å². The summed E-state index contributed by atoms with van der Waals surface area (Å²) in [5, 5.41) is 7.52. The van der Waals surface area contributed by atoms with Gasteiger partial charge in [-0.15, -0.1) is 11.3 Å². The third kappa shape index (κ3) is 4.54. The van der Waals surface area contributed by atoms with E-state index in [0.29, 0.717) is 29.2 Å². The van der Waals surface area contributed by atoms with Gasteiger partial charge in [0.25, 0.3) is 5.91 Å². The quantitative estimate of drug-likeness (QED) is 0.843. The number of piperidine rings is 1. The topological polar surface area (TPSA) is 78.5 Å². The molecule has 1 unspecified atom stereocenters. The SMILES string of the molecule is CC(=O)Nc1cc(NC(=O)C2CCCCN2C(=O)c2cccs2)ccc1C. The van der Waals surface area contributed by atoms with Crippen molar-refractivity contribution in [3.63, 3.8) is 0 Å².